The molecule has 0 aliphatic heterocycles. The van der Waals surface area contributed by atoms with Crippen molar-refractivity contribution in [2.24, 2.45) is 4.99 Å². The highest BCUT2D eigenvalue weighted by Crippen LogP contribution is 2.47. The molecule has 2 aromatic carbocycles. The van der Waals surface area contributed by atoms with Crippen LogP contribution in [0.2, 0.25) is 0 Å². The third kappa shape index (κ3) is 6.72. The maximum atomic E-state index is 12.4. The second-order valence-corrected chi connectivity index (χ2v) is 8.83. The minimum Gasteiger partial charge on any atom is -0.356 e. The normalized spacial score (nSPS) is 15.0. The molecular weight excluding hydrogens is 487 g/mol. The zero-order valence-electron chi connectivity index (χ0n) is 18.3. The van der Waals surface area contributed by atoms with E-state index in [1.54, 1.807) is 7.05 Å². The molecule has 0 heterocycles. The highest BCUT2D eigenvalue weighted by atomic mass is 127. The zero-order chi connectivity index (χ0) is 20.9. The number of hydrogen-bond acceptors (Lipinski definition) is 2. The smallest absolute Gasteiger partial charge is 0.251 e. The van der Waals surface area contributed by atoms with Crippen LogP contribution in [0.5, 0.6) is 0 Å². The second kappa shape index (κ2) is 10.3. The molecule has 2 aromatic rings. The van der Waals surface area contributed by atoms with Crippen molar-refractivity contribution in [3.05, 3.63) is 71.3 Å². The van der Waals surface area contributed by atoms with Gasteiger partial charge in [0.1, 0.15) is 0 Å². The van der Waals surface area contributed by atoms with Gasteiger partial charge in [-0.15, -0.1) is 24.0 Å². The summed E-state index contributed by atoms with van der Waals surface area (Å²) < 4.78 is 0. The molecule has 30 heavy (non-hydrogen) atoms. The summed E-state index contributed by atoms with van der Waals surface area (Å²) in [6, 6.07) is 18.4. The van der Waals surface area contributed by atoms with Gasteiger partial charge >= 0.3 is 0 Å². The monoisotopic (exact) mass is 520 g/mol. The van der Waals surface area contributed by atoms with Crippen molar-refractivity contribution < 1.29 is 4.79 Å². The predicted molar refractivity (Wildman–Crippen MR) is 135 cm³/mol. The Balaban J connectivity index is 0.00000320. The van der Waals surface area contributed by atoms with E-state index in [1.807, 2.05) is 45.0 Å². The van der Waals surface area contributed by atoms with Gasteiger partial charge in [-0.05, 0) is 56.9 Å². The molecule has 3 rings (SSSR count). The first-order valence-corrected chi connectivity index (χ1v) is 10.2. The number of hydrogen-bond donors (Lipinski definition) is 3. The molecule has 1 saturated carbocycles. The molecule has 1 fully saturated rings. The molecule has 0 spiro atoms. The van der Waals surface area contributed by atoms with E-state index in [9.17, 15) is 4.79 Å². The van der Waals surface area contributed by atoms with E-state index in [0.717, 1.165) is 18.1 Å². The van der Waals surface area contributed by atoms with Gasteiger partial charge in [-0.25, -0.2) is 0 Å². The number of carbonyl (C=O) groups excluding carboxylic acids is 1. The molecule has 0 saturated heterocycles. The van der Waals surface area contributed by atoms with Crippen molar-refractivity contribution in [2.45, 2.75) is 51.1 Å². The lowest BCUT2D eigenvalue weighted by Crippen LogP contribution is -2.41. The van der Waals surface area contributed by atoms with Crippen LogP contribution in [0.15, 0.2) is 59.6 Å². The first kappa shape index (κ1) is 24.2. The molecule has 0 unspecified atom stereocenters. The van der Waals surface area contributed by atoms with Gasteiger partial charge in [0.2, 0.25) is 0 Å². The van der Waals surface area contributed by atoms with Gasteiger partial charge in [-0.2, -0.15) is 0 Å². The van der Waals surface area contributed by atoms with E-state index in [-0.39, 0.29) is 40.8 Å². The standard InChI is InChI=1S/C24H32N4O.HI/c1-23(2,3)28-21(29)19-10-8-9-18(15-19)16-26-22(25-4)27-17-24(13-14-24)20-11-6-5-7-12-20;/h5-12,15H,13-14,16-17H2,1-4H3,(H,28,29)(H2,25,26,27);1H. The Kier molecular flexibility index (Phi) is 8.29. The third-order valence-electron chi connectivity index (χ3n) is 5.20. The number of nitrogens with zero attached hydrogens (tertiary/aromatic N) is 1. The Bertz CT molecular complexity index is 870. The van der Waals surface area contributed by atoms with Crippen molar-refractivity contribution in [1.29, 1.82) is 0 Å². The van der Waals surface area contributed by atoms with E-state index < -0.39 is 0 Å². The summed E-state index contributed by atoms with van der Waals surface area (Å²) in [7, 11) is 1.78. The number of carbonyl (C=O) groups is 1. The quantitative estimate of drug-likeness (QED) is 0.304. The average molecular weight is 520 g/mol. The second-order valence-electron chi connectivity index (χ2n) is 8.83. The summed E-state index contributed by atoms with van der Waals surface area (Å²) in [5, 5.41) is 9.83. The topological polar surface area (TPSA) is 65.5 Å². The number of rotatable bonds is 6. The van der Waals surface area contributed by atoms with Crippen LogP contribution in [-0.4, -0.2) is 31.0 Å². The molecule has 1 aliphatic carbocycles. The molecule has 6 heteroatoms. The van der Waals surface area contributed by atoms with Crippen LogP contribution in [0.25, 0.3) is 0 Å². The summed E-state index contributed by atoms with van der Waals surface area (Å²) in [5.41, 5.74) is 3.07. The minimum absolute atomic E-state index is 0. The number of aliphatic imine (C=N–C) groups is 1. The summed E-state index contributed by atoms with van der Waals surface area (Å²) in [4.78, 5) is 16.7. The Morgan fingerprint density at radius 1 is 1.03 bits per heavy atom. The van der Waals surface area contributed by atoms with Gasteiger partial charge in [0.25, 0.3) is 5.91 Å². The molecular formula is C24H33IN4O. The molecule has 0 bridgehead atoms. The summed E-state index contributed by atoms with van der Waals surface area (Å²) in [6.07, 6.45) is 2.40. The van der Waals surface area contributed by atoms with Crippen molar-refractivity contribution >= 4 is 35.8 Å². The number of amides is 1. The van der Waals surface area contributed by atoms with E-state index >= 15 is 0 Å². The van der Waals surface area contributed by atoms with Crippen molar-refractivity contribution in [3.63, 3.8) is 0 Å². The molecule has 0 aromatic heterocycles. The number of benzene rings is 2. The predicted octanol–water partition coefficient (Wildman–Crippen LogP) is 4.23. The van der Waals surface area contributed by atoms with Crippen LogP contribution in [0.4, 0.5) is 0 Å². The maximum absolute atomic E-state index is 12.4. The summed E-state index contributed by atoms with van der Waals surface area (Å²) >= 11 is 0. The fraction of sp³-hybridized carbons (Fsp3) is 0.417. The van der Waals surface area contributed by atoms with Gasteiger partial charge in [0.15, 0.2) is 5.96 Å². The number of guanidine groups is 1. The van der Waals surface area contributed by atoms with Crippen molar-refractivity contribution in [3.8, 4) is 0 Å². The third-order valence-corrected chi connectivity index (χ3v) is 5.20. The summed E-state index contributed by atoms with van der Waals surface area (Å²) in [6.45, 7) is 7.41. The Morgan fingerprint density at radius 3 is 2.33 bits per heavy atom. The lowest BCUT2D eigenvalue weighted by Gasteiger charge is -2.21. The van der Waals surface area contributed by atoms with Gasteiger partial charge in [0, 0.05) is 36.7 Å². The Morgan fingerprint density at radius 2 is 1.73 bits per heavy atom. The first-order valence-electron chi connectivity index (χ1n) is 10.2. The Hall–Kier alpha value is -2.09. The number of nitrogens with one attached hydrogen (secondary N) is 3. The molecule has 1 aliphatic rings. The zero-order valence-corrected chi connectivity index (χ0v) is 20.6. The maximum Gasteiger partial charge on any atom is 0.251 e. The van der Waals surface area contributed by atoms with E-state index in [0.29, 0.717) is 12.1 Å². The van der Waals surface area contributed by atoms with Crippen LogP contribution < -0.4 is 16.0 Å². The fourth-order valence-electron chi connectivity index (χ4n) is 3.40. The lowest BCUT2D eigenvalue weighted by atomic mass is 9.96. The Labute approximate surface area is 197 Å². The van der Waals surface area contributed by atoms with Crippen LogP contribution in [0.1, 0.15) is 55.1 Å². The molecule has 162 valence electrons. The highest BCUT2D eigenvalue weighted by molar-refractivity contribution is 14.0. The number of halogens is 1. The molecule has 1 amide bonds. The molecule has 0 radical (unpaired) electrons. The summed E-state index contributed by atoms with van der Waals surface area (Å²) in [5.74, 6) is 0.720. The van der Waals surface area contributed by atoms with E-state index in [2.05, 4.69) is 51.3 Å². The van der Waals surface area contributed by atoms with E-state index in [1.165, 1.54) is 18.4 Å². The molecule has 5 nitrogen and oxygen atoms in total. The minimum atomic E-state index is -0.255. The van der Waals surface area contributed by atoms with Crippen LogP contribution in [0, 0.1) is 0 Å². The molecule has 0 atom stereocenters. The largest absolute Gasteiger partial charge is 0.356 e. The first-order chi connectivity index (χ1) is 13.8. The van der Waals surface area contributed by atoms with Gasteiger partial charge in [-0.3, -0.25) is 9.79 Å². The van der Waals surface area contributed by atoms with Gasteiger partial charge < -0.3 is 16.0 Å². The van der Waals surface area contributed by atoms with Crippen LogP contribution in [0.3, 0.4) is 0 Å². The van der Waals surface area contributed by atoms with E-state index in [4.69, 9.17) is 0 Å². The van der Waals surface area contributed by atoms with Crippen LogP contribution >= 0.6 is 24.0 Å². The SMILES string of the molecule is CN=C(NCc1cccc(C(=O)NC(C)(C)C)c1)NCC1(c2ccccc2)CC1.I. The highest BCUT2D eigenvalue weighted by Gasteiger charge is 2.43. The lowest BCUT2D eigenvalue weighted by molar-refractivity contribution is 0.0919. The van der Waals surface area contributed by atoms with Gasteiger partial charge in [0.05, 0.1) is 0 Å². The van der Waals surface area contributed by atoms with Crippen molar-refractivity contribution in [1.82, 2.24) is 16.0 Å². The van der Waals surface area contributed by atoms with Gasteiger partial charge in [-0.1, -0.05) is 42.5 Å². The van der Waals surface area contributed by atoms with Crippen LogP contribution in [-0.2, 0) is 12.0 Å². The average Bonchev–Trinajstić information content (AvgIpc) is 3.49. The molecule has 3 N–H and O–H groups in total. The fourth-order valence-corrected chi connectivity index (χ4v) is 3.40. The van der Waals surface area contributed by atoms with Crippen molar-refractivity contribution in [2.75, 3.05) is 13.6 Å².